The number of hydrogen-bond donors (Lipinski definition) is 1. The maximum absolute atomic E-state index is 6.33. The van der Waals surface area contributed by atoms with E-state index in [1.54, 1.807) is 6.20 Å². The summed E-state index contributed by atoms with van der Waals surface area (Å²) in [6.45, 7) is 4.04. The van der Waals surface area contributed by atoms with Crippen molar-refractivity contribution >= 4 is 0 Å². The fraction of sp³-hybridized carbons (Fsp3) is 0.688. The van der Waals surface area contributed by atoms with Crippen LogP contribution in [0.25, 0.3) is 0 Å². The Labute approximate surface area is 116 Å². The van der Waals surface area contributed by atoms with Crippen LogP contribution in [-0.2, 0) is 0 Å². The van der Waals surface area contributed by atoms with E-state index in [2.05, 4.69) is 4.98 Å². The standard InChI is InChI=1S/C16H26N2O/c1-12(2)19-15-9-14(10-18-11-15)16(17)8-13-6-4-3-5-7-13/h9-13,16H,3-8,17H2,1-2H3. The first-order valence-electron chi connectivity index (χ1n) is 7.52. The number of nitrogens with two attached hydrogens (primary N) is 1. The Morgan fingerprint density at radius 2 is 2.00 bits per heavy atom. The van der Waals surface area contributed by atoms with Crippen LogP contribution in [-0.4, -0.2) is 11.1 Å². The van der Waals surface area contributed by atoms with Gasteiger partial charge in [-0.1, -0.05) is 32.1 Å². The maximum atomic E-state index is 6.33. The third-order valence-electron chi connectivity index (χ3n) is 3.85. The van der Waals surface area contributed by atoms with E-state index < -0.39 is 0 Å². The van der Waals surface area contributed by atoms with Crippen LogP contribution in [0.5, 0.6) is 5.75 Å². The number of ether oxygens (including phenoxy) is 1. The summed E-state index contributed by atoms with van der Waals surface area (Å²) in [7, 11) is 0. The van der Waals surface area contributed by atoms with Crippen molar-refractivity contribution in [2.24, 2.45) is 11.7 Å². The molecule has 0 bridgehead atoms. The van der Waals surface area contributed by atoms with Crippen molar-refractivity contribution in [1.82, 2.24) is 4.98 Å². The lowest BCUT2D eigenvalue weighted by Gasteiger charge is -2.24. The maximum Gasteiger partial charge on any atom is 0.138 e. The molecule has 1 unspecified atom stereocenters. The Bertz CT molecular complexity index is 386. The van der Waals surface area contributed by atoms with Crippen molar-refractivity contribution < 1.29 is 4.74 Å². The largest absolute Gasteiger partial charge is 0.489 e. The lowest BCUT2D eigenvalue weighted by atomic mass is 9.84. The molecular weight excluding hydrogens is 236 g/mol. The van der Waals surface area contributed by atoms with Crippen molar-refractivity contribution in [3.05, 3.63) is 24.0 Å². The molecule has 3 nitrogen and oxygen atoms in total. The predicted molar refractivity (Wildman–Crippen MR) is 78.1 cm³/mol. The Balaban J connectivity index is 1.95. The van der Waals surface area contributed by atoms with Crippen LogP contribution in [0.1, 0.15) is 64.0 Å². The van der Waals surface area contributed by atoms with E-state index in [0.29, 0.717) is 0 Å². The quantitative estimate of drug-likeness (QED) is 0.877. The lowest BCUT2D eigenvalue weighted by molar-refractivity contribution is 0.241. The summed E-state index contributed by atoms with van der Waals surface area (Å²) in [5.74, 6) is 1.62. The number of aromatic nitrogens is 1. The minimum Gasteiger partial charge on any atom is -0.489 e. The highest BCUT2D eigenvalue weighted by Crippen LogP contribution is 2.31. The van der Waals surface area contributed by atoms with Crippen molar-refractivity contribution in [3.8, 4) is 5.75 Å². The molecule has 0 saturated heterocycles. The molecule has 19 heavy (non-hydrogen) atoms. The summed E-state index contributed by atoms with van der Waals surface area (Å²) in [4.78, 5) is 4.25. The van der Waals surface area contributed by atoms with E-state index in [4.69, 9.17) is 10.5 Å². The topological polar surface area (TPSA) is 48.1 Å². The van der Waals surface area contributed by atoms with Crippen LogP contribution in [0.2, 0.25) is 0 Å². The van der Waals surface area contributed by atoms with Gasteiger partial charge in [0, 0.05) is 12.2 Å². The third kappa shape index (κ3) is 4.50. The number of hydrogen-bond acceptors (Lipinski definition) is 3. The Morgan fingerprint density at radius 3 is 2.68 bits per heavy atom. The fourth-order valence-corrected chi connectivity index (χ4v) is 2.89. The molecule has 3 heteroatoms. The molecule has 1 fully saturated rings. The SMILES string of the molecule is CC(C)Oc1cncc(C(N)CC2CCCCC2)c1. The van der Waals surface area contributed by atoms with E-state index in [1.165, 1.54) is 32.1 Å². The summed E-state index contributed by atoms with van der Waals surface area (Å²) >= 11 is 0. The van der Waals surface area contributed by atoms with Crippen LogP contribution in [0, 0.1) is 5.92 Å². The van der Waals surface area contributed by atoms with Crippen LogP contribution < -0.4 is 10.5 Å². The van der Waals surface area contributed by atoms with Gasteiger partial charge in [0.2, 0.25) is 0 Å². The molecule has 1 aliphatic carbocycles. The molecule has 1 aliphatic rings. The van der Waals surface area contributed by atoms with Gasteiger partial charge in [0.15, 0.2) is 0 Å². The molecule has 2 N–H and O–H groups in total. The van der Waals surface area contributed by atoms with Gasteiger partial charge in [0.25, 0.3) is 0 Å². The van der Waals surface area contributed by atoms with Crippen molar-refractivity contribution in [2.75, 3.05) is 0 Å². The third-order valence-corrected chi connectivity index (χ3v) is 3.85. The lowest BCUT2D eigenvalue weighted by Crippen LogP contribution is -2.18. The van der Waals surface area contributed by atoms with Gasteiger partial charge in [0.1, 0.15) is 5.75 Å². The molecule has 1 atom stereocenters. The smallest absolute Gasteiger partial charge is 0.138 e. The molecule has 0 radical (unpaired) electrons. The van der Waals surface area contributed by atoms with Crippen LogP contribution in [0.15, 0.2) is 18.5 Å². The molecule has 0 amide bonds. The van der Waals surface area contributed by atoms with Crippen molar-refractivity contribution in [1.29, 1.82) is 0 Å². The van der Waals surface area contributed by atoms with Gasteiger partial charge in [-0.25, -0.2) is 0 Å². The molecule has 1 aromatic heterocycles. The second-order valence-electron chi connectivity index (χ2n) is 5.97. The van der Waals surface area contributed by atoms with Gasteiger partial charge in [-0.3, -0.25) is 4.98 Å². The average molecular weight is 262 g/mol. The average Bonchev–Trinajstić information content (AvgIpc) is 2.39. The van der Waals surface area contributed by atoms with Crippen LogP contribution >= 0.6 is 0 Å². The van der Waals surface area contributed by atoms with Crippen molar-refractivity contribution in [2.45, 2.75) is 64.5 Å². The van der Waals surface area contributed by atoms with Gasteiger partial charge < -0.3 is 10.5 Å². The first-order valence-corrected chi connectivity index (χ1v) is 7.52. The summed E-state index contributed by atoms with van der Waals surface area (Å²) < 4.78 is 5.68. The summed E-state index contributed by atoms with van der Waals surface area (Å²) in [6, 6.07) is 2.13. The minimum absolute atomic E-state index is 0.0892. The van der Waals surface area contributed by atoms with Crippen LogP contribution in [0.4, 0.5) is 0 Å². The van der Waals surface area contributed by atoms with E-state index in [0.717, 1.165) is 23.7 Å². The highest BCUT2D eigenvalue weighted by atomic mass is 16.5. The van der Waals surface area contributed by atoms with E-state index >= 15 is 0 Å². The molecule has 2 rings (SSSR count). The van der Waals surface area contributed by atoms with Gasteiger partial charge >= 0.3 is 0 Å². The molecular formula is C16H26N2O. The van der Waals surface area contributed by atoms with E-state index in [9.17, 15) is 0 Å². The molecule has 1 saturated carbocycles. The van der Waals surface area contributed by atoms with E-state index in [-0.39, 0.29) is 12.1 Å². The Kier molecular flexibility index (Phi) is 5.20. The number of rotatable bonds is 5. The Morgan fingerprint density at radius 1 is 1.26 bits per heavy atom. The number of pyridine rings is 1. The highest BCUT2D eigenvalue weighted by Gasteiger charge is 2.18. The molecule has 0 spiro atoms. The minimum atomic E-state index is 0.0892. The molecule has 0 aliphatic heterocycles. The van der Waals surface area contributed by atoms with Gasteiger partial charge in [-0.2, -0.15) is 0 Å². The zero-order chi connectivity index (χ0) is 13.7. The van der Waals surface area contributed by atoms with Crippen molar-refractivity contribution in [3.63, 3.8) is 0 Å². The second-order valence-corrected chi connectivity index (χ2v) is 5.97. The van der Waals surface area contributed by atoms with Gasteiger partial charge in [-0.05, 0) is 37.8 Å². The normalized spacial score (nSPS) is 18.5. The first kappa shape index (κ1) is 14.3. The first-order chi connectivity index (χ1) is 9.15. The monoisotopic (exact) mass is 262 g/mol. The summed E-state index contributed by atoms with van der Waals surface area (Å²) in [6.07, 6.45) is 11.7. The molecule has 106 valence electrons. The summed E-state index contributed by atoms with van der Waals surface area (Å²) in [5, 5.41) is 0. The van der Waals surface area contributed by atoms with E-state index in [1.807, 2.05) is 26.1 Å². The van der Waals surface area contributed by atoms with Crippen LogP contribution in [0.3, 0.4) is 0 Å². The molecule has 1 aromatic rings. The van der Waals surface area contributed by atoms with Gasteiger partial charge in [-0.15, -0.1) is 0 Å². The zero-order valence-corrected chi connectivity index (χ0v) is 12.1. The molecule has 0 aromatic carbocycles. The second kappa shape index (κ2) is 6.90. The fourth-order valence-electron chi connectivity index (χ4n) is 2.89. The van der Waals surface area contributed by atoms with Gasteiger partial charge in [0.05, 0.1) is 12.3 Å². The Hall–Kier alpha value is -1.09. The predicted octanol–water partition coefficient (Wildman–Crippen LogP) is 3.84. The zero-order valence-electron chi connectivity index (χ0n) is 12.1. The number of nitrogens with zero attached hydrogens (tertiary/aromatic N) is 1. The summed E-state index contributed by atoms with van der Waals surface area (Å²) in [5.41, 5.74) is 7.43. The molecule has 1 heterocycles. The highest BCUT2D eigenvalue weighted by molar-refractivity contribution is 5.26.